The molecule has 1 atom stereocenters. The summed E-state index contributed by atoms with van der Waals surface area (Å²) in [6, 6.07) is 7.66. The number of imidazole rings is 1. The Labute approximate surface area is 98.9 Å². The molecule has 88 valence electrons. The first-order chi connectivity index (χ1) is 8.22. The van der Waals surface area contributed by atoms with Gasteiger partial charge in [-0.2, -0.15) is 0 Å². The van der Waals surface area contributed by atoms with E-state index < -0.39 is 0 Å². The highest BCUT2D eigenvalue weighted by molar-refractivity contribution is 5.51. The first kappa shape index (κ1) is 11.4. The molecule has 0 radical (unpaired) electrons. The summed E-state index contributed by atoms with van der Waals surface area (Å²) in [5.41, 5.74) is 1.77. The lowest BCUT2D eigenvalue weighted by atomic mass is 9.98. The Kier molecular flexibility index (Phi) is 3.23. The second-order valence-electron chi connectivity index (χ2n) is 4.03. The molecule has 0 bridgehead atoms. The van der Waals surface area contributed by atoms with Gasteiger partial charge >= 0.3 is 5.69 Å². The van der Waals surface area contributed by atoms with Gasteiger partial charge in [0.25, 0.3) is 0 Å². The highest BCUT2D eigenvalue weighted by Gasteiger charge is 2.05. The third-order valence-corrected chi connectivity index (χ3v) is 2.84. The summed E-state index contributed by atoms with van der Waals surface area (Å²) in [5.74, 6) is 0.212. The maximum atomic E-state index is 11.4. The number of benzene rings is 1. The Morgan fingerprint density at radius 1 is 1.35 bits per heavy atom. The van der Waals surface area contributed by atoms with E-state index in [1.165, 1.54) is 4.57 Å². The maximum Gasteiger partial charge on any atom is 0.330 e. The third-order valence-electron chi connectivity index (χ3n) is 2.84. The van der Waals surface area contributed by atoms with E-state index in [4.69, 9.17) is 0 Å². The molecule has 0 saturated carbocycles. The lowest BCUT2D eigenvalue weighted by Gasteiger charge is -2.09. The number of carbonyl (C=O) groups is 1. The number of H-pyrrole nitrogens is 1. The average molecular weight is 230 g/mol. The van der Waals surface area contributed by atoms with Crippen LogP contribution in [-0.2, 0) is 4.79 Å². The van der Waals surface area contributed by atoms with Crippen LogP contribution in [0.4, 0.5) is 0 Å². The average Bonchev–Trinajstić information content (AvgIpc) is 2.76. The first-order valence-corrected chi connectivity index (χ1v) is 5.52. The van der Waals surface area contributed by atoms with Gasteiger partial charge in [0.2, 0.25) is 0 Å². The fourth-order valence-electron chi connectivity index (χ4n) is 1.77. The second kappa shape index (κ2) is 4.82. The molecule has 0 aliphatic carbocycles. The summed E-state index contributed by atoms with van der Waals surface area (Å²) >= 11 is 0. The standard InChI is InChI=1S/C13H14N2O2/c1-10(6-9-16)11-2-4-12(5-3-11)15-8-7-14-13(15)17/h2-5,7-10H,6H2,1H3,(H,14,17). The molecule has 1 aromatic carbocycles. The zero-order chi connectivity index (χ0) is 12.3. The van der Waals surface area contributed by atoms with Crippen LogP contribution in [0.15, 0.2) is 41.5 Å². The minimum Gasteiger partial charge on any atom is -0.312 e. The minimum absolute atomic E-state index is 0.154. The molecule has 2 aromatic rings. The number of carbonyl (C=O) groups excluding carboxylic acids is 1. The van der Waals surface area contributed by atoms with Gasteiger partial charge in [0.1, 0.15) is 6.29 Å². The molecule has 0 saturated heterocycles. The highest BCUT2D eigenvalue weighted by atomic mass is 16.1. The van der Waals surface area contributed by atoms with Gasteiger partial charge in [-0.3, -0.25) is 4.57 Å². The maximum absolute atomic E-state index is 11.4. The van der Waals surface area contributed by atoms with E-state index in [1.54, 1.807) is 12.4 Å². The quantitative estimate of drug-likeness (QED) is 0.815. The molecule has 1 unspecified atom stereocenters. The summed E-state index contributed by atoms with van der Waals surface area (Å²) < 4.78 is 1.54. The highest BCUT2D eigenvalue weighted by Crippen LogP contribution is 2.19. The Morgan fingerprint density at radius 3 is 2.59 bits per heavy atom. The van der Waals surface area contributed by atoms with Gasteiger partial charge in [-0.25, -0.2) is 4.79 Å². The summed E-state index contributed by atoms with van der Waals surface area (Å²) in [5, 5.41) is 0. The molecule has 17 heavy (non-hydrogen) atoms. The third kappa shape index (κ3) is 2.36. The SMILES string of the molecule is CC(CC=O)c1ccc(-n2cc[nH]c2=O)cc1. The van der Waals surface area contributed by atoms with Crippen LogP contribution in [0.2, 0.25) is 0 Å². The zero-order valence-corrected chi connectivity index (χ0v) is 9.59. The lowest BCUT2D eigenvalue weighted by molar-refractivity contribution is -0.108. The Morgan fingerprint density at radius 2 is 2.06 bits per heavy atom. The van der Waals surface area contributed by atoms with Gasteiger partial charge in [0.15, 0.2) is 0 Å². The van der Waals surface area contributed by atoms with Crippen molar-refractivity contribution in [3.63, 3.8) is 0 Å². The summed E-state index contributed by atoms with van der Waals surface area (Å²) in [4.78, 5) is 24.4. The monoisotopic (exact) mass is 230 g/mol. The number of nitrogens with one attached hydrogen (secondary N) is 1. The van der Waals surface area contributed by atoms with Crippen molar-refractivity contribution in [2.24, 2.45) is 0 Å². The van der Waals surface area contributed by atoms with Crippen molar-refractivity contribution in [1.82, 2.24) is 9.55 Å². The number of hydrogen-bond acceptors (Lipinski definition) is 2. The number of aromatic amines is 1. The van der Waals surface area contributed by atoms with Crippen molar-refractivity contribution < 1.29 is 4.79 Å². The van der Waals surface area contributed by atoms with Gasteiger partial charge in [-0.15, -0.1) is 0 Å². The molecule has 0 aliphatic rings. The normalized spacial score (nSPS) is 12.3. The van der Waals surface area contributed by atoms with Crippen molar-refractivity contribution in [3.8, 4) is 5.69 Å². The lowest BCUT2D eigenvalue weighted by Crippen LogP contribution is -2.13. The van der Waals surface area contributed by atoms with Crippen LogP contribution in [0.25, 0.3) is 5.69 Å². The first-order valence-electron chi connectivity index (χ1n) is 5.52. The molecule has 4 heteroatoms. The van der Waals surface area contributed by atoms with Crippen LogP contribution in [-0.4, -0.2) is 15.8 Å². The van der Waals surface area contributed by atoms with Crippen LogP contribution in [0.1, 0.15) is 24.8 Å². The number of aldehydes is 1. The summed E-state index contributed by atoms with van der Waals surface area (Å²) in [6.45, 7) is 2.01. The van der Waals surface area contributed by atoms with E-state index in [0.717, 1.165) is 17.5 Å². The van der Waals surface area contributed by atoms with E-state index >= 15 is 0 Å². The molecule has 1 heterocycles. The number of hydrogen-bond donors (Lipinski definition) is 1. The summed E-state index contributed by atoms with van der Waals surface area (Å²) in [7, 11) is 0. The van der Waals surface area contributed by atoms with Crippen molar-refractivity contribution in [2.75, 3.05) is 0 Å². The largest absolute Gasteiger partial charge is 0.330 e. The van der Waals surface area contributed by atoms with Crippen LogP contribution in [0.5, 0.6) is 0 Å². The Hall–Kier alpha value is -2.10. The van der Waals surface area contributed by atoms with Crippen LogP contribution < -0.4 is 5.69 Å². The van der Waals surface area contributed by atoms with Gasteiger partial charge in [-0.1, -0.05) is 19.1 Å². The smallest absolute Gasteiger partial charge is 0.312 e. The molecule has 0 fully saturated rings. The minimum atomic E-state index is -0.154. The molecule has 0 amide bonds. The van der Waals surface area contributed by atoms with E-state index in [9.17, 15) is 9.59 Å². The molecular formula is C13H14N2O2. The van der Waals surface area contributed by atoms with Gasteiger partial charge in [-0.05, 0) is 23.6 Å². The zero-order valence-electron chi connectivity index (χ0n) is 9.59. The molecule has 0 spiro atoms. The van der Waals surface area contributed by atoms with E-state index in [0.29, 0.717) is 6.42 Å². The topological polar surface area (TPSA) is 54.9 Å². The van der Waals surface area contributed by atoms with Gasteiger partial charge in [0.05, 0.1) is 5.69 Å². The van der Waals surface area contributed by atoms with Crippen LogP contribution in [0, 0.1) is 0 Å². The molecule has 1 N–H and O–H groups in total. The number of nitrogens with zero attached hydrogens (tertiary/aromatic N) is 1. The summed E-state index contributed by atoms with van der Waals surface area (Å²) in [6.07, 6.45) is 4.73. The van der Waals surface area contributed by atoms with Crippen molar-refractivity contribution in [1.29, 1.82) is 0 Å². The molecule has 4 nitrogen and oxygen atoms in total. The molecule has 0 aliphatic heterocycles. The second-order valence-corrected chi connectivity index (χ2v) is 4.03. The Balaban J connectivity index is 2.27. The van der Waals surface area contributed by atoms with E-state index in [-0.39, 0.29) is 11.6 Å². The molecule has 2 rings (SSSR count). The van der Waals surface area contributed by atoms with Gasteiger partial charge < -0.3 is 9.78 Å². The van der Waals surface area contributed by atoms with Crippen LogP contribution in [0.3, 0.4) is 0 Å². The fraction of sp³-hybridized carbons (Fsp3) is 0.231. The Bertz CT molecular complexity index is 551. The number of rotatable bonds is 4. The van der Waals surface area contributed by atoms with Crippen molar-refractivity contribution in [2.45, 2.75) is 19.3 Å². The predicted molar refractivity (Wildman–Crippen MR) is 65.5 cm³/mol. The van der Waals surface area contributed by atoms with E-state index in [1.807, 2.05) is 31.2 Å². The number of aromatic nitrogens is 2. The molecular weight excluding hydrogens is 216 g/mol. The predicted octanol–water partition coefficient (Wildman–Crippen LogP) is 1.86. The van der Waals surface area contributed by atoms with E-state index in [2.05, 4.69) is 4.98 Å². The van der Waals surface area contributed by atoms with Crippen molar-refractivity contribution in [3.05, 3.63) is 52.7 Å². The van der Waals surface area contributed by atoms with Crippen molar-refractivity contribution >= 4 is 6.29 Å². The fourth-order valence-corrected chi connectivity index (χ4v) is 1.77. The van der Waals surface area contributed by atoms with Crippen LogP contribution >= 0.6 is 0 Å². The van der Waals surface area contributed by atoms with Gasteiger partial charge in [0, 0.05) is 18.8 Å². The molecule has 1 aromatic heterocycles.